The molecule has 1 aromatic carbocycles. The molecule has 1 aromatic rings. The van der Waals surface area contributed by atoms with Crippen LogP contribution in [0.1, 0.15) is 73.5 Å². The lowest BCUT2D eigenvalue weighted by atomic mass is 10.0. The van der Waals surface area contributed by atoms with Crippen LogP contribution in [0.25, 0.3) is 0 Å². The normalized spacial score (nSPS) is 19.9. The van der Waals surface area contributed by atoms with Crippen molar-refractivity contribution in [1.82, 2.24) is 15.5 Å². The molecule has 4 amide bonds. The van der Waals surface area contributed by atoms with Gasteiger partial charge in [-0.05, 0) is 31.9 Å². The van der Waals surface area contributed by atoms with Crippen LogP contribution in [-0.4, -0.2) is 59.4 Å². The van der Waals surface area contributed by atoms with Crippen molar-refractivity contribution in [2.24, 2.45) is 5.73 Å². The fourth-order valence-electron chi connectivity index (χ4n) is 4.16. The number of carbonyl (C=O) groups is 4. The summed E-state index contributed by atoms with van der Waals surface area (Å²) in [5.74, 6) is -1.73. The molecule has 0 radical (unpaired) electrons. The van der Waals surface area contributed by atoms with Gasteiger partial charge in [0.2, 0.25) is 11.8 Å². The Labute approximate surface area is 192 Å². The molecular weight excluding hydrogens is 428 g/mol. The number of nitrogens with one attached hydrogen (secondary N) is 2. The van der Waals surface area contributed by atoms with Crippen LogP contribution >= 0.6 is 0 Å². The third-order valence-electron chi connectivity index (χ3n) is 5.91. The Balaban J connectivity index is 1.51. The van der Waals surface area contributed by atoms with Crippen LogP contribution in [0.5, 0.6) is 5.75 Å². The summed E-state index contributed by atoms with van der Waals surface area (Å²) < 4.78 is 5.59. The van der Waals surface area contributed by atoms with E-state index in [1.54, 1.807) is 18.2 Å². The van der Waals surface area contributed by atoms with Crippen LogP contribution < -0.4 is 21.1 Å². The standard InChI is InChI=1S/C23H32N4O6/c24-12-5-3-1-2-4-6-13-25-19(29)14-33-17-9-7-8-15-20(17)23(32)27(22(15)31)16-10-11-18(28)26-21(16)30/h7-9,16,22,31H,1-6,10-14,24H2,(H,25,29)(H,26,28,30). The maximum Gasteiger partial charge on any atom is 0.261 e. The van der Waals surface area contributed by atoms with E-state index in [0.29, 0.717) is 12.1 Å². The van der Waals surface area contributed by atoms with E-state index in [-0.39, 0.29) is 36.7 Å². The van der Waals surface area contributed by atoms with Gasteiger partial charge in [-0.25, -0.2) is 0 Å². The second kappa shape index (κ2) is 11.8. The van der Waals surface area contributed by atoms with E-state index in [0.717, 1.165) is 50.0 Å². The van der Waals surface area contributed by atoms with Crippen molar-refractivity contribution in [2.75, 3.05) is 19.7 Å². The highest BCUT2D eigenvalue weighted by Crippen LogP contribution is 2.39. The van der Waals surface area contributed by atoms with Gasteiger partial charge >= 0.3 is 0 Å². The summed E-state index contributed by atoms with van der Waals surface area (Å²) >= 11 is 0. The van der Waals surface area contributed by atoms with Crippen LogP contribution in [0.2, 0.25) is 0 Å². The quantitative estimate of drug-likeness (QED) is 0.265. The van der Waals surface area contributed by atoms with Gasteiger partial charge in [-0.2, -0.15) is 0 Å². The zero-order valence-corrected chi connectivity index (χ0v) is 18.7. The fourth-order valence-corrected chi connectivity index (χ4v) is 4.16. The minimum atomic E-state index is -1.33. The smallest absolute Gasteiger partial charge is 0.261 e. The van der Waals surface area contributed by atoms with Gasteiger partial charge in [-0.15, -0.1) is 0 Å². The molecule has 3 rings (SSSR count). The van der Waals surface area contributed by atoms with Crippen molar-refractivity contribution in [3.8, 4) is 5.75 Å². The summed E-state index contributed by atoms with van der Waals surface area (Å²) in [6, 6.07) is 3.78. The number of fused-ring (bicyclic) bond motifs is 1. The first-order chi connectivity index (χ1) is 15.9. The molecule has 0 spiro atoms. The molecule has 2 atom stereocenters. The van der Waals surface area contributed by atoms with Crippen LogP contribution in [0.15, 0.2) is 18.2 Å². The number of amides is 4. The minimum absolute atomic E-state index is 0.0838. The first-order valence-corrected chi connectivity index (χ1v) is 11.5. The van der Waals surface area contributed by atoms with Crippen molar-refractivity contribution in [3.63, 3.8) is 0 Å². The Morgan fingerprint density at radius 1 is 1.15 bits per heavy atom. The second-order valence-electron chi connectivity index (χ2n) is 8.32. The summed E-state index contributed by atoms with van der Waals surface area (Å²) in [5, 5.41) is 15.7. The highest BCUT2D eigenvalue weighted by molar-refractivity contribution is 6.06. The number of ether oxygens (including phenoxy) is 1. The third-order valence-corrected chi connectivity index (χ3v) is 5.91. The van der Waals surface area contributed by atoms with Crippen LogP contribution in [-0.2, 0) is 14.4 Å². The van der Waals surface area contributed by atoms with Gasteiger partial charge in [-0.3, -0.25) is 29.4 Å². The average Bonchev–Trinajstić information content (AvgIpc) is 3.05. The highest BCUT2D eigenvalue weighted by Gasteiger charge is 2.45. The maximum absolute atomic E-state index is 13.1. The Kier molecular flexibility index (Phi) is 8.79. The number of nitrogens with two attached hydrogens (primary N) is 1. The van der Waals surface area contributed by atoms with E-state index in [1.807, 2.05) is 0 Å². The van der Waals surface area contributed by atoms with Crippen molar-refractivity contribution in [1.29, 1.82) is 0 Å². The SMILES string of the molecule is NCCCCCCCCNC(=O)COc1cccc2c1C(=O)N(C1CCC(=O)NC1=O)C2O. The molecule has 0 saturated carbocycles. The number of rotatable bonds is 12. The average molecular weight is 461 g/mol. The summed E-state index contributed by atoms with van der Waals surface area (Å²) in [5.41, 5.74) is 5.90. The number of nitrogens with zero attached hydrogens (tertiary/aromatic N) is 1. The summed E-state index contributed by atoms with van der Waals surface area (Å²) in [6.07, 6.45) is 5.21. The molecule has 2 unspecified atom stereocenters. The lowest BCUT2D eigenvalue weighted by Gasteiger charge is -2.31. The zero-order valence-electron chi connectivity index (χ0n) is 18.7. The molecule has 1 saturated heterocycles. The molecule has 2 aliphatic heterocycles. The first-order valence-electron chi connectivity index (χ1n) is 11.5. The predicted molar refractivity (Wildman–Crippen MR) is 119 cm³/mol. The molecule has 33 heavy (non-hydrogen) atoms. The fraction of sp³-hybridized carbons (Fsp3) is 0.565. The molecule has 180 valence electrons. The summed E-state index contributed by atoms with van der Waals surface area (Å²) in [6.45, 7) is 1.00. The molecule has 1 fully saturated rings. The first kappa shape index (κ1) is 24.7. The Bertz CT molecular complexity index is 890. The molecular formula is C23H32N4O6. The molecule has 10 nitrogen and oxygen atoms in total. The van der Waals surface area contributed by atoms with E-state index in [2.05, 4.69) is 10.6 Å². The van der Waals surface area contributed by atoms with E-state index in [1.165, 1.54) is 0 Å². The number of hydrogen-bond donors (Lipinski definition) is 4. The molecule has 2 heterocycles. The number of unbranched alkanes of at least 4 members (excludes halogenated alkanes) is 5. The lowest BCUT2D eigenvalue weighted by Crippen LogP contribution is -2.53. The van der Waals surface area contributed by atoms with E-state index < -0.39 is 30.0 Å². The molecule has 0 bridgehead atoms. The maximum atomic E-state index is 13.1. The number of hydrogen-bond acceptors (Lipinski definition) is 7. The van der Waals surface area contributed by atoms with Gasteiger partial charge in [0.25, 0.3) is 11.8 Å². The Morgan fingerprint density at radius 2 is 1.88 bits per heavy atom. The van der Waals surface area contributed by atoms with E-state index in [9.17, 15) is 24.3 Å². The zero-order chi connectivity index (χ0) is 23.8. The van der Waals surface area contributed by atoms with Gasteiger partial charge < -0.3 is 20.9 Å². The van der Waals surface area contributed by atoms with Crippen molar-refractivity contribution in [3.05, 3.63) is 29.3 Å². The largest absolute Gasteiger partial charge is 0.483 e. The van der Waals surface area contributed by atoms with Crippen molar-refractivity contribution in [2.45, 2.75) is 63.6 Å². The monoisotopic (exact) mass is 460 g/mol. The van der Waals surface area contributed by atoms with Crippen LogP contribution in [0.4, 0.5) is 0 Å². The van der Waals surface area contributed by atoms with E-state index >= 15 is 0 Å². The number of aliphatic hydroxyl groups is 1. The predicted octanol–water partition coefficient (Wildman–Crippen LogP) is 0.733. The number of carbonyl (C=O) groups excluding carboxylic acids is 4. The minimum Gasteiger partial charge on any atom is -0.483 e. The van der Waals surface area contributed by atoms with Crippen molar-refractivity contribution >= 4 is 23.6 Å². The second-order valence-corrected chi connectivity index (χ2v) is 8.32. The molecule has 10 heteroatoms. The Hall–Kier alpha value is -2.98. The van der Waals surface area contributed by atoms with Crippen LogP contribution in [0, 0.1) is 0 Å². The number of piperidine rings is 1. The van der Waals surface area contributed by atoms with Crippen molar-refractivity contribution < 1.29 is 29.0 Å². The topological polar surface area (TPSA) is 151 Å². The van der Waals surface area contributed by atoms with Crippen LogP contribution in [0.3, 0.4) is 0 Å². The summed E-state index contributed by atoms with van der Waals surface area (Å²) in [7, 11) is 0. The van der Waals surface area contributed by atoms with Gasteiger partial charge in [-0.1, -0.05) is 37.8 Å². The molecule has 5 N–H and O–H groups in total. The molecule has 0 aliphatic carbocycles. The number of aliphatic hydroxyl groups excluding tert-OH is 1. The number of benzene rings is 1. The summed E-state index contributed by atoms with van der Waals surface area (Å²) in [4.78, 5) is 49.9. The number of imide groups is 1. The van der Waals surface area contributed by atoms with Gasteiger partial charge in [0, 0.05) is 18.5 Å². The van der Waals surface area contributed by atoms with Gasteiger partial charge in [0.05, 0.1) is 5.56 Å². The highest BCUT2D eigenvalue weighted by atomic mass is 16.5. The van der Waals surface area contributed by atoms with E-state index in [4.69, 9.17) is 10.5 Å². The van der Waals surface area contributed by atoms with Gasteiger partial charge in [0.1, 0.15) is 11.8 Å². The molecule has 0 aromatic heterocycles. The molecule has 2 aliphatic rings. The Morgan fingerprint density at radius 3 is 2.61 bits per heavy atom. The van der Waals surface area contributed by atoms with Gasteiger partial charge in [0.15, 0.2) is 12.8 Å². The lowest BCUT2D eigenvalue weighted by molar-refractivity contribution is -0.139. The third kappa shape index (κ3) is 6.08.